The third-order valence-electron chi connectivity index (χ3n) is 4.96. The van der Waals surface area contributed by atoms with Gasteiger partial charge in [0.05, 0.1) is 28.0 Å². The molecule has 35 heavy (non-hydrogen) atoms. The highest BCUT2D eigenvalue weighted by atomic mass is 35.5. The monoisotopic (exact) mass is 521 g/mol. The number of halogens is 2. The van der Waals surface area contributed by atoms with Gasteiger partial charge in [-0.3, -0.25) is 14.2 Å². The maximum absolute atomic E-state index is 13.5. The summed E-state index contributed by atoms with van der Waals surface area (Å²) in [7, 11) is 1.56. The molecule has 0 saturated carbocycles. The zero-order valence-electron chi connectivity index (χ0n) is 18.3. The number of nitriles is 1. The molecule has 6 nitrogen and oxygen atoms in total. The van der Waals surface area contributed by atoms with Gasteiger partial charge in [-0.2, -0.15) is 5.26 Å². The lowest BCUT2D eigenvalue weighted by Gasteiger charge is -2.07. The highest BCUT2D eigenvalue weighted by molar-refractivity contribution is 7.07. The Bertz CT molecular complexity index is 1640. The first kappa shape index (κ1) is 24.3. The van der Waals surface area contributed by atoms with E-state index in [0.29, 0.717) is 26.7 Å². The zero-order chi connectivity index (χ0) is 24.9. The van der Waals surface area contributed by atoms with Crippen LogP contribution < -0.4 is 24.8 Å². The van der Waals surface area contributed by atoms with Gasteiger partial charge >= 0.3 is 0 Å². The van der Waals surface area contributed by atoms with Gasteiger partial charge in [0, 0.05) is 5.02 Å². The van der Waals surface area contributed by atoms with Crippen LogP contribution in [0.4, 0.5) is 5.69 Å². The van der Waals surface area contributed by atoms with Crippen LogP contribution in [0.5, 0.6) is 5.75 Å². The number of nitrogens with zero attached hydrogens (tertiary/aromatic N) is 2. The van der Waals surface area contributed by atoms with Crippen LogP contribution in [0.1, 0.15) is 5.56 Å². The number of benzene rings is 3. The predicted octanol–water partition coefficient (Wildman–Crippen LogP) is 4.36. The molecule has 4 aromatic rings. The van der Waals surface area contributed by atoms with Gasteiger partial charge < -0.3 is 10.1 Å². The number of methoxy groups -OCH3 is 1. The highest BCUT2D eigenvalue weighted by Gasteiger charge is 2.18. The summed E-state index contributed by atoms with van der Waals surface area (Å²) in [5.74, 6) is -0.0574. The van der Waals surface area contributed by atoms with Crippen LogP contribution >= 0.6 is 34.5 Å². The second kappa shape index (κ2) is 10.6. The number of nitrogens with one attached hydrogen (secondary N) is 1. The number of ether oxygens (including phenoxy) is 1. The first-order valence-electron chi connectivity index (χ1n) is 10.2. The summed E-state index contributed by atoms with van der Waals surface area (Å²) in [5, 5.41) is 13.2. The minimum absolute atomic E-state index is 0.195. The van der Waals surface area contributed by atoms with E-state index in [1.807, 2.05) is 24.3 Å². The number of hydrogen-bond donors (Lipinski definition) is 1. The summed E-state index contributed by atoms with van der Waals surface area (Å²) in [6.45, 7) is 0. The Labute approximate surface area is 214 Å². The molecule has 0 aliphatic carbocycles. The van der Waals surface area contributed by atoms with Crippen LogP contribution in [0.3, 0.4) is 0 Å². The second-order valence-electron chi connectivity index (χ2n) is 7.23. The molecule has 0 fully saturated rings. The topological polar surface area (TPSA) is 84.1 Å². The number of anilines is 1. The summed E-state index contributed by atoms with van der Waals surface area (Å²) in [6, 6.07) is 22.6. The fraction of sp³-hybridized carbons (Fsp3) is 0.0385. The van der Waals surface area contributed by atoms with E-state index < -0.39 is 5.91 Å². The average Bonchev–Trinajstić information content (AvgIpc) is 3.17. The lowest BCUT2D eigenvalue weighted by molar-refractivity contribution is -0.111. The van der Waals surface area contributed by atoms with Gasteiger partial charge in [0.2, 0.25) is 0 Å². The maximum atomic E-state index is 13.5. The van der Waals surface area contributed by atoms with E-state index in [0.717, 1.165) is 16.9 Å². The summed E-state index contributed by atoms with van der Waals surface area (Å²) in [6.07, 6.45) is 1.70. The largest absolute Gasteiger partial charge is 0.497 e. The Morgan fingerprint density at radius 3 is 2.54 bits per heavy atom. The number of amides is 1. The van der Waals surface area contributed by atoms with Crippen molar-refractivity contribution in [3.05, 3.63) is 108 Å². The quantitative estimate of drug-likeness (QED) is 0.423. The predicted molar refractivity (Wildman–Crippen MR) is 140 cm³/mol. The maximum Gasteiger partial charge on any atom is 0.273 e. The van der Waals surface area contributed by atoms with Gasteiger partial charge in [-0.15, -0.1) is 11.3 Å². The Kier molecular flexibility index (Phi) is 7.37. The molecule has 0 unspecified atom stereocenters. The minimum Gasteiger partial charge on any atom is -0.497 e. The molecule has 1 heterocycles. The number of rotatable bonds is 5. The Balaban J connectivity index is 1.94. The van der Waals surface area contributed by atoms with Crippen LogP contribution in [0, 0.1) is 11.3 Å². The summed E-state index contributed by atoms with van der Waals surface area (Å²) in [5.41, 5.74) is 0.975. The number of hydrogen-bond acceptors (Lipinski definition) is 5. The van der Waals surface area contributed by atoms with Crippen molar-refractivity contribution in [1.82, 2.24) is 4.57 Å². The van der Waals surface area contributed by atoms with Gasteiger partial charge in [-0.05, 0) is 54.1 Å². The molecule has 3 aromatic carbocycles. The molecular formula is C26H17Cl2N3O3S. The molecule has 0 saturated heterocycles. The molecule has 0 aliphatic rings. The summed E-state index contributed by atoms with van der Waals surface area (Å²) in [4.78, 5) is 26.6. The van der Waals surface area contributed by atoms with Crippen molar-refractivity contribution in [2.75, 3.05) is 12.4 Å². The van der Waals surface area contributed by atoms with E-state index >= 15 is 0 Å². The lowest BCUT2D eigenvalue weighted by Crippen LogP contribution is -2.32. The molecule has 0 bridgehead atoms. The Morgan fingerprint density at radius 1 is 1.09 bits per heavy atom. The number of thiazole rings is 1. The van der Waals surface area contributed by atoms with Crippen LogP contribution in [0.25, 0.3) is 17.3 Å². The molecule has 1 N–H and O–H groups in total. The fourth-order valence-electron chi connectivity index (χ4n) is 3.32. The first-order chi connectivity index (χ1) is 16.9. The third kappa shape index (κ3) is 5.31. The van der Waals surface area contributed by atoms with Crippen LogP contribution in [0.15, 0.2) is 77.6 Å². The van der Waals surface area contributed by atoms with E-state index in [9.17, 15) is 14.9 Å². The second-order valence-corrected chi connectivity index (χ2v) is 9.11. The van der Waals surface area contributed by atoms with Crippen LogP contribution in [0.2, 0.25) is 10.0 Å². The normalized spacial score (nSPS) is 12.1. The van der Waals surface area contributed by atoms with Crippen molar-refractivity contribution in [3.8, 4) is 17.5 Å². The minimum atomic E-state index is -0.699. The molecule has 1 aromatic heterocycles. The molecule has 1 amide bonds. The van der Waals surface area contributed by atoms with E-state index in [4.69, 9.17) is 27.9 Å². The van der Waals surface area contributed by atoms with Gasteiger partial charge in [-0.25, -0.2) is 0 Å². The molecule has 174 valence electrons. The van der Waals surface area contributed by atoms with Crippen molar-refractivity contribution >= 4 is 57.8 Å². The summed E-state index contributed by atoms with van der Waals surface area (Å²) < 4.78 is 7.17. The van der Waals surface area contributed by atoms with E-state index in [1.54, 1.807) is 55.7 Å². The van der Waals surface area contributed by atoms with Crippen LogP contribution in [-0.4, -0.2) is 17.6 Å². The summed E-state index contributed by atoms with van der Waals surface area (Å²) >= 11 is 13.2. The standard InChI is InChI=1S/C26H17Cl2N3O3S/c1-34-19-9-5-6-16(12-19)13-23-25(33)31(18-7-3-2-4-8-18)26(35-23)20(15-29)24(32)30-22-11-10-17(27)14-21(22)28/h2-14H,1H3,(H,30,32). The Morgan fingerprint density at radius 2 is 1.86 bits per heavy atom. The molecule has 0 spiro atoms. The SMILES string of the molecule is COc1cccc(C=c2sc(=C(C#N)C(=O)Nc3ccc(Cl)cc3Cl)n(-c3ccccc3)c2=O)c1. The smallest absolute Gasteiger partial charge is 0.273 e. The van der Waals surface area contributed by atoms with Crippen molar-refractivity contribution in [2.24, 2.45) is 0 Å². The Hall–Kier alpha value is -3.83. The molecule has 0 aliphatic heterocycles. The number of para-hydroxylation sites is 1. The highest BCUT2D eigenvalue weighted by Crippen LogP contribution is 2.25. The fourth-order valence-corrected chi connectivity index (χ4v) is 4.87. The number of carbonyl (C=O) groups excluding carboxylic acids is 1. The van der Waals surface area contributed by atoms with E-state index in [1.165, 1.54) is 16.7 Å². The molecule has 9 heteroatoms. The van der Waals surface area contributed by atoms with Gasteiger partial charge in [0.15, 0.2) is 5.57 Å². The van der Waals surface area contributed by atoms with E-state index in [-0.39, 0.29) is 20.8 Å². The van der Waals surface area contributed by atoms with Crippen molar-refractivity contribution in [3.63, 3.8) is 0 Å². The lowest BCUT2D eigenvalue weighted by atomic mass is 10.2. The van der Waals surface area contributed by atoms with Gasteiger partial charge in [-0.1, -0.05) is 53.5 Å². The van der Waals surface area contributed by atoms with Crippen molar-refractivity contribution < 1.29 is 9.53 Å². The third-order valence-corrected chi connectivity index (χ3v) is 6.60. The van der Waals surface area contributed by atoms with Gasteiger partial charge in [0.1, 0.15) is 16.5 Å². The molecular weight excluding hydrogens is 505 g/mol. The van der Waals surface area contributed by atoms with E-state index in [2.05, 4.69) is 5.32 Å². The van der Waals surface area contributed by atoms with Gasteiger partial charge in [0.25, 0.3) is 11.5 Å². The molecule has 0 atom stereocenters. The average molecular weight is 522 g/mol. The first-order valence-corrected chi connectivity index (χ1v) is 11.8. The molecule has 4 rings (SSSR count). The molecule has 0 radical (unpaired) electrons. The van der Waals surface area contributed by atoms with Crippen LogP contribution in [-0.2, 0) is 4.79 Å². The zero-order valence-corrected chi connectivity index (χ0v) is 20.6. The number of carbonyl (C=O) groups is 1. The number of aromatic nitrogens is 1. The van der Waals surface area contributed by atoms with Crippen molar-refractivity contribution in [1.29, 1.82) is 5.26 Å². The van der Waals surface area contributed by atoms with Crippen molar-refractivity contribution in [2.45, 2.75) is 0 Å².